The number of carbonyl (C=O) groups is 2. The zero-order chi connectivity index (χ0) is 13.5. The lowest BCUT2D eigenvalue weighted by molar-refractivity contribution is -0.157. The zero-order valence-electron chi connectivity index (χ0n) is 10.4. The van der Waals surface area contributed by atoms with E-state index in [0.29, 0.717) is 0 Å². The third-order valence-electron chi connectivity index (χ3n) is 3.91. The van der Waals surface area contributed by atoms with Crippen LogP contribution >= 0.6 is 0 Å². The summed E-state index contributed by atoms with van der Waals surface area (Å²) in [5, 5.41) is 18.6. The second-order valence-corrected chi connectivity index (χ2v) is 5.34. The molecule has 1 aromatic carbocycles. The van der Waals surface area contributed by atoms with Crippen LogP contribution in [0.3, 0.4) is 0 Å². The highest BCUT2D eigenvalue weighted by atomic mass is 16.4. The molecule has 0 spiro atoms. The Morgan fingerprint density at radius 3 is 2.33 bits per heavy atom. The maximum Gasteiger partial charge on any atom is 0.308 e. The maximum atomic E-state index is 11.4. The summed E-state index contributed by atoms with van der Waals surface area (Å²) in [6.45, 7) is 3.61. The highest BCUT2D eigenvalue weighted by molar-refractivity contribution is 5.82. The van der Waals surface area contributed by atoms with Gasteiger partial charge in [0.15, 0.2) is 0 Å². The van der Waals surface area contributed by atoms with Crippen LogP contribution < -0.4 is 0 Å². The van der Waals surface area contributed by atoms with Gasteiger partial charge in [0.05, 0.1) is 11.8 Å². The molecule has 1 aromatic rings. The predicted molar refractivity (Wildman–Crippen MR) is 65.4 cm³/mol. The van der Waals surface area contributed by atoms with Gasteiger partial charge in [-0.1, -0.05) is 38.1 Å². The normalized spacial score (nSPS) is 25.2. The molecule has 0 bridgehead atoms. The molecule has 96 valence electrons. The average Bonchev–Trinajstić information content (AvgIpc) is 2.27. The Kier molecular flexibility index (Phi) is 2.89. The average molecular weight is 248 g/mol. The molecule has 4 heteroatoms. The van der Waals surface area contributed by atoms with E-state index in [1.54, 1.807) is 13.8 Å². The highest BCUT2D eigenvalue weighted by Crippen LogP contribution is 2.44. The van der Waals surface area contributed by atoms with Gasteiger partial charge in [-0.25, -0.2) is 0 Å². The molecule has 0 radical (unpaired) electrons. The summed E-state index contributed by atoms with van der Waals surface area (Å²) >= 11 is 0. The number of carboxylic acids is 2. The molecule has 0 aliphatic heterocycles. The topological polar surface area (TPSA) is 74.6 Å². The van der Waals surface area contributed by atoms with E-state index in [1.165, 1.54) is 0 Å². The third kappa shape index (κ3) is 1.78. The molecule has 4 nitrogen and oxygen atoms in total. The summed E-state index contributed by atoms with van der Waals surface area (Å²) in [4.78, 5) is 22.7. The summed E-state index contributed by atoms with van der Waals surface area (Å²) in [5.74, 6) is -3.84. The van der Waals surface area contributed by atoms with Crippen molar-refractivity contribution >= 4 is 11.9 Å². The van der Waals surface area contributed by atoms with Crippen molar-refractivity contribution in [2.75, 3.05) is 0 Å². The summed E-state index contributed by atoms with van der Waals surface area (Å²) in [6.07, 6.45) is 0.284. The first kappa shape index (κ1) is 12.6. The van der Waals surface area contributed by atoms with Crippen molar-refractivity contribution in [1.82, 2.24) is 0 Å². The Morgan fingerprint density at radius 2 is 1.78 bits per heavy atom. The Bertz CT molecular complexity index is 504. The minimum Gasteiger partial charge on any atom is -0.481 e. The summed E-state index contributed by atoms with van der Waals surface area (Å²) in [7, 11) is 0. The first-order valence-electron chi connectivity index (χ1n) is 5.89. The molecule has 0 fully saturated rings. The van der Waals surface area contributed by atoms with Gasteiger partial charge in [-0.15, -0.1) is 0 Å². The van der Waals surface area contributed by atoms with Gasteiger partial charge in [0.25, 0.3) is 0 Å². The predicted octanol–water partition coefficient (Wildman–Crippen LogP) is 1.92. The van der Waals surface area contributed by atoms with E-state index in [2.05, 4.69) is 0 Å². The van der Waals surface area contributed by atoms with E-state index in [0.717, 1.165) is 11.1 Å². The number of benzene rings is 1. The van der Waals surface area contributed by atoms with Crippen molar-refractivity contribution < 1.29 is 19.8 Å². The van der Waals surface area contributed by atoms with Gasteiger partial charge in [0.2, 0.25) is 0 Å². The fourth-order valence-corrected chi connectivity index (χ4v) is 3.06. The van der Waals surface area contributed by atoms with Crippen LogP contribution in [0.1, 0.15) is 25.0 Å². The Labute approximate surface area is 105 Å². The number of rotatable bonds is 2. The van der Waals surface area contributed by atoms with Crippen LogP contribution in [0.5, 0.6) is 0 Å². The fraction of sp³-hybridized carbons (Fsp3) is 0.429. The molecule has 2 atom stereocenters. The van der Waals surface area contributed by atoms with Crippen molar-refractivity contribution in [2.24, 2.45) is 11.8 Å². The van der Waals surface area contributed by atoms with Gasteiger partial charge in [-0.05, 0) is 17.5 Å². The lowest BCUT2D eigenvalue weighted by atomic mass is 9.61. The standard InChI is InChI=1S/C14H16O4/c1-14(2)10-6-4-3-5-8(10)7-9(12(15)16)11(14)13(17)18/h3-6,9,11H,7H2,1-2H3,(H,15,16)(H,17,18). The van der Waals surface area contributed by atoms with Crippen molar-refractivity contribution in [3.63, 3.8) is 0 Å². The summed E-state index contributed by atoms with van der Waals surface area (Å²) in [5.41, 5.74) is 1.20. The quantitative estimate of drug-likeness (QED) is 0.838. The van der Waals surface area contributed by atoms with Crippen LogP contribution in [0.25, 0.3) is 0 Å². The number of hydrogen-bond donors (Lipinski definition) is 2. The lowest BCUT2D eigenvalue weighted by Gasteiger charge is -2.41. The lowest BCUT2D eigenvalue weighted by Crippen LogP contribution is -2.47. The van der Waals surface area contributed by atoms with Crippen molar-refractivity contribution in [3.05, 3.63) is 35.4 Å². The maximum absolute atomic E-state index is 11.4. The summed E-state index contributed by atoms with van der Waals surface area (Å²) < 4.78 is 0. The number of fused-ring (bicyclic) bond motifs is 1. The molecule has 0 saturated heterocycles. The van der Waals surface area contributed by atoms with Crippen molar-refractivity contribution in [3.8, 4) is 0 Å². The molecule has 0 amide bonds. The fourth-order valence-electron chi connectivity index (χ4n) is 3.06. The van der Waals surface area contributed by atoms with Crippen LogP contribution in [-0.4, -0.2) is 22.2 Å². The minimum atomic E-state index is -1.04. The van der Waals surface area contributed by atoms with Gasteiger partial charge in [0, 0.05) is 5.41 Å². The van der Waals surface area contributed by atoms with Gasteiger partial charge >= 0.3 is 11.9 Å². The van der Waals surface area contributed by atoms with Crippen molar-refractivity contribution in [1.29, 1.82) is 0 Å². The highest BCUT2D eigenvalue weighted by Gasteiger charge is 2.49. The first-order valence-corrected chi connectivity index (χ1v) is 5.89. The van der Waals surface area contributed by atoms with E-state index < -0.39 is 29.2 Å². The van der Waals surface area contributed by atoms with Crippen LogP contribution in [0, 0.1) is 11.8 Å². The Balaban J connectivity index is 2.60. The van der Waals surface area contributed by atoms with E-state index in [9.17, 15) is 19.8 Å². The van der Waals surface area contributed by atoms with E-state index in [1.807, 2.05) is 24.3 Å². The molecule has 18 heavy (non-hydrogen) atoms. The molecular formula is C14H16O4. The van der Waals surface area contributed by atoms with E-state index >= 15 is 0 Å². The van der Waals surface area contributed by atoms with E-state index in [4.69, 9.17) is 0 Å². The smallest absolute Gasteiger partial charge is 0.308 e. The SMILES string of the molecule is CC1(C)c2ccccc2CC(C(=O)O)C1C(=O)O. The summed E-state index contributed by atoms with van der Waals surface area (Å²) in [6, 6.07) is 7.49. The second kappa shape index (κ2) is 4.12. The van der Waals surface area contributed by atoms with Gasteiger partial charge in [-0.3, -0.25) is 9.59 Å². The molecule has 0 saturated carbocycles. The molecule has 0 heterocycles. The van der Waals surface area contributed by atoms with Crippen LogP contribution in [0.2, 0.25) is 0 Å². The largest absolute Gasteiger partial charge is 0.481 e. The van der Waals surface area contributed by atoms with Crippen LogP contribution in [0.4, 0.5) is 0 Å². The minimum absolute atomic E-state index is 0.284. The van der Waals surface area contributed by atoms with Gasteiger partial charge < -0.3 is 10.2 Å². The first-order chi connectivity index (χ1) is 8.35. The number of hydrogen-bond acceptors (Lipinski definition) is 2. The molecule has 2 unspecified atom stereocenters. The van der Waals surface area contributed by atoms with Gasteiger partial charge in [-0.2, -0.15) is 0 Å². The van der Waals surface area contributed by atoms with E-state index in [-0.39, 0.29) is 6.42 Å². The molecule has 2 N–H and O–H groups in total. The second-order valence-electron chi connectivity index (χ2n) is 5.34. The Morgan fingerprint density at radius 1 is 1.17 bits per heavy atom. The van der Waals surface area contributed by atoms with Crippen LogP contribution in [-0.2, 0) is 21.4 Å². The molecule has 0 aromatic heterocycles. The molecule has 1 aliphatic rings. The van der Waals surface area contributed by atoms with Crippen molar-refractivity contribution in [2.45, 2.75) is 25.7 Å². The molecule has 1 aliphatic carbocycles. The third-order valence-corrected chi connectivity index (χ3v) is 3.91. The van der Waals surface area contributed by atoms with Gasteiger partial charge in [0.1, 0.15) is 0 Å². The zero-order valence-corrected chi connectivity index (χ0v) is 10.4. The molecule has 2 rings (SSSR count). The number of aliphatic carboxylic acids is 2. The number of carboxylic acid groups (broad SMARTS) is 2. The Hall–Kier alpha value is -1.84. The van der Waals surface area contributed by atoms with Crippen LogP contribution in [0.15, 0.2) is 24.3 Å². The monoisotopic (exact) mass is 248 g/mol. The molecular weight excluding hydrogens is 232 g/mol.